The predicted molar refractivity (Wildman–Crippen MR) is 72.6 cm³/mol. The molecule has 0 aliphatic rings. The molecule has 0 fully saturated rings. The number of phenols is 1. The Labute approximate surface area is 108 Å². The molecule has 0 radical (unpaired) electrons. The van der Waals surface area contributed by atoms with Crippen molar-refractivity contribution in [1.82, 2.24) is 5.43 Å². The second kappa shape index (κ2) is 7.48. The van der Waals surface area contributed by atoms with Crippen LogP contribution in [-0.2, 0) is 4.79 Å². The third-order valence-electron chi connectivity index (χ3n) is 2.64. The first-order valence-electron chi connectivity index (χ1n) is 6.26. The van der Waals surface area contributed by atoms with Crippen LogP contribution in [0.3, 0.4) is 0 Å². The summed E-state index contributed by atoms with van der Waals surface area (Å²) in [6, 6.07) is 6.71. The number of nitrogens with zero attached hydrogens (tertiary/aromatic N) is 1. The summed E-state index contributed by atoms with van der Waals surface area (Å²) in [6.07, 6.45) is 3.58. The summed E-state index contributed by atoms with van der Waals surface area (Å²) >= 11 is 0. The molecule has 0 aromatic heterocycles. The van der Waals surface area contributed by atoms with E-state index in [2.05, 4.69) is 17.5 Å². The first-order valence-corrected chi connectivity index (χ1v) is 6.26. The van der Waals surface area contributed by atoms with Crippen LogP contribution in [-0.4, -0.2) is 16.7 Å². The van der Waals surface area contributed by atoms with Gasteiger partial charge in [-0.25, -0.2) is 5.43 Å². The second-order valence-electron chi connectivity index (χ2n) is 4.24. The lowest BCUT2D eigenvalue weighted by molar-refractivity contribution is -0.121. The Bertz CT molecular complexity index is 410. The van der Waals surface area contributed by atoms with E-state index in [-0.39, 0.29) is 11.7 Å². The van der Waals surface area contributed by atoms with Gasteiger partial charge in [-0.05, 0) is 43.2 Å². The van der Waals surface area contributed by atoms with Gasteiger partial charge < -0.3 is 5.11 Å². The Balaban J connectivity index is 2.46. The maximum Gasteiger partial charge on any atom is 0.240 e. The molecule has 0 aliphatic carbocycles. The van der Waals surface area contributed by atoms with Crippen LogP contribution in [0.1, 0.15) is 45.1 Å². The SMILES string of the molecule is CCCCCC(=O)N/N=C(\C)c1ccc(O)cc1. The van der Waals surface area contributed by atoms with Gasteiger partial charge in [0.05, 0.1) is 5.71 Å². The van der Waals surface area contributed by atoms with E-state index in [1.54, 1.807) is 24.3 Å². The summed E-state index contributed by atoms with van der Waals surface area (Å²) in [7, 11) is 0. The Morgan fingerprint density at radius 3 is 2.56 bits per heavy atom. The van der Waals surface area contributed by atoms with Crippen molar-refractivity contribution >= 4 is 11.6 Å². The highest BCUT2D eigenvalue weighted by molar-refractivity contribution is 5.99. The first kappa shape index (κ1) is 14.2. The molecular formula is C14H20N2O2. The fourth-order valence-electron chi connectivity index (χ4n) is 1.50. The average Bonchev–Trinajstić information content (AvgIpc) is 2.37. The highest BCUT2D eigenvalue weighted by atomic mass is 16.3. The Hall–Kier alpha value is -1.84. The molecule has 0 atom stereocenters. The number of hydrogen-bond donors (Lipinski definition) is 2. The number of phenolic OH excluding ortho intramolecular Hbond substituents is 1. The van der Waals surface area contributed by atoms with Crippen molar-refractivity contribution in [3.05, 3.63) is 29.8 Å². The van der Waals surface area contributed by atoms with Gasteiger partial charge in [-0.2, -0.15) is 5.10 Å². The maximum absolute atomic E-state index is 11.4. The fourth-order valence-corrected chi connectivity index (χ4v) is 1.50. The zero-order chi connectivity index (χ0) is 13.4. The monoisotopic (exact) mass is 248 g/mol. The molecule has 4 heteroatoms. The molecule has 0 aliphatic heterocycles. The number of nitrogens with one attached hydrogen (secondary N) is 1. The lowest BCUT2D eigenvalue weighted by atomic mass is 10.1. The quantitative estimate of drug-likeness (QED) is 0.462. The third kappa shape index (κ3) is 4.99. The van der Waals surface area contributed by atoms with E-state index in [9.17, 15) is 4.79 Å². The van der Waals surface area contributed by atoms with Crippen molar-refractivity contribution in [2.75, 3.05) is 0 Å². The molecule has 18 heavy (non-hydrogen) atoms. The van der Waals surface area contributed by atoms with Gasteiger partial charge in [0, 0.05) is 6.42 Å². The summed E-state index contributed by atoms with van der Waals surface area (Å²) in [5.74, 6) is 0.164. The summed E-state index contributed by atoms with van der Waals surface area (Å²) < 4.78 is 0. The molecule has 0 saturated carbocycles. The van der Waals surface area contributed by atoms with Crippen molar-refractivity contribution in [1.29, 1.82) is 0 Å². The number of carbonyl (C=O) groups excluding carboxylic acids is 1. The molecule has 2 N–H and O–H groups in total. The van der Waals surface area contributed by atoms with Crippen molar-refractivity contribution in [3.8, 4) is 5.75 Å². The first-order chi connectivity index (χ1) is 8.63. The van der Waals surface area contributed by atoms with E-state index in [0.717, 1.165) is 30.5 Å². The van der Waals surface area contributed by atoms with Crippen LogP contribution in [0, 0.1) is 0 Å². The lowest BCUT2D eigenvalue weighted by Gasteiger charge is -2.03. The van der Waals surface area contributed by atoms with Crippen LogP contribution in [0.5, 0.6) is 5.75 Å². The highest BCUT2D eigenvalue weighted by Gasteiger charge is 2.01. The molecule has 1 amide bonds. The summed E-state index contributed by atoms with van der Waals surface area (Å²) in [4.78, 5) is 11.4. The summed E-state index contributed by atoms with van der Waals surface area (Å²) in [6.45, 7) is 3.92. The molecule has 0 bridgehead atoms. The largest absolute Gasteiger partial charge is 0.508 e. The van der Waals surface area contributed by atoms with Crippen LogP contribution in [0.2, 0.25) is 0 Å². The summed E-state index contributed by atoms with van der Waals surface area (Å²) in [5, 5.41) is 13.2. The van der Waals surface area contributed by atoms with Gasteiger partial charge in [-0.3, -0.25) is 4.79 Å². The molecule has 0 heterocycles. The van der Waals surface area contributed by atoms with E-state index in [0.29, 0.717) is 6.42 Å². The second-order valence-corrected chi connectivity index (χ2v) is 4.24. The number of carbonyl (C=O) groups is 1. The molecule has 98 valence electrons. The Morgan fingerprint density at radius 2 is 1.94 bits per heavy atom. The fraction of sp³-hybridized carbons (Fsp3) is 0.429. The molecule has 4 nitrogen and oxygen atoms in total. The van der Waals surface area contributed by atoms with E-state index in [1.807, 2.05) is 6.92 Å². The minimum atomic E-state index is -0.0541. The summed E-state index contributed by atoms with van der Waals surface area (Å²) in [5.41, 5.74) is 4.14. The van der Waals surface area contributed by atoms with Crippen LogP contribution in [0.25, 0.3) is 0 Å². The van der Waals surface area contributed by atoms with Gasteiger partial charge >= 0.3 is 0 Å². The van der Waals surface area contributed by atoms with Gasteiger partial charge in [0.2, 0.25) is 5.91 Å². The number of hydrazone groups is 1. The lowest BCUT2D eigenvalue weighted by Crippen LogP contribution is -2.18. The highest BCUT2D eigenvalue weighted by Crippen LogP contribution is 2.10. The smallest absolute Gasteiger partial charge is 0.240 e. The van der Waals surface area contributed by atoms with Gasteiger partial charge in [0.25, 0.3) is 0 Å². The average molecular weight is 248 g/mol. The minimum Gasteiger partial charge on any atom is -0.508 e. The van der Waals surface area contributed by atoms with E-state index in [4.69, 9.17) is 5.11 Å². The maximum atomic E-state index is 11.4. The van der Waals surface area contributed by atoms with Gasteiger partial charge in [0.1, 0.15) is 5.75 Å². The molecule has 1 aromatic carbocycles. The number of amides is 1. The van der Waals surface area contributed by atoms with Crippen molar-refractivity contribution in [2.24, 2.45) is 5.10 Å². The molecule has 1 rings (SSSR count). The van der Waals surface area contributed by atoms with Crippen LogP contribution < -0.4 is 5.43 Å². The molecule has 0 spiro atoms. The number of hydrogen-bond acceptors (Lipinski definition) is 3. The van der Waals surface area contributed by atoms with Crippen molar-refractivity contribution < 1.29 is 9.90 Å². The van der Waals surface area contributed by atoms with Crippen molar-refractivity contribution in [2.45, 2.75) is 39.5 Å². The van der Waals surface area contributed by atoms with Crippen molar-refractivity contribution in [3.63, 3.8) is 0 Å². The zero-order valence-electron chi connectivity index (χ0n) is 10.9. The van der Waals surface area contributed by atoms with E-state index >= 15 is 0 Å². The van der Waals surface area contributed by atoms with Crippen LogP contribution >= 0.6 is 0 Å². The van der Waals surface area contributed by atoms with Crippen LogP contribution in [0.4, 0.5) is 0 Å². The Kier molecular flexibility index (Phi) is 5.91. The number of aromatic hydroxyl groups is 1. The Morgan fingerprint density at radius 1 is 1.28 bits per heavy atom. The molecule has 0 saturated heterocycles. The molecule has 0 unspecified atom stereocenters. The van der Waals surface area contributed by atoms with Crippen LogP contribution in [0.15, 0.2) is 29.4 Å². The van der Waals surface area contributed by atoms with Gasteiger partial charge in [-0.1, -0.05) is 19.8 Å². The van der Waals surface area contributed by atoms with E-state index < -0.39 is 0 Å². The molecule has 1 aromatic rings. The number of rotatable bonds is 6. The van der Waals surface area contributed by atoms with Gasteiger partial charge in [0.15, 0.2) is 0 Å². The normalized spacial score (nSPS) is 11.3. The number of benzene rings is 1. The predicted octanol–water partition coefficient (Wildman–Crippen LogP) is 2.81. The van der Waals surface area contributed by atoms with Gasteiger partial charge in [-0.15, -0.1) is 0 Å². The van der Waals surface area contributed by atoms with E-state index in [1.165, 1.54) is 0 Å². The molecular weight excluding hydrogens is 228 g/mol. The third-order valence-corrected chi connectivity index (χ3v) is 2.64. The standard InChI is InChI=1S/C14H20N2O2/c1-3-4-5-6-14(18)16-15-11(2)12-7-9-13(17)10-8-12/h7-10,17H,3-6H2,1-2H3,(H,16,18)/b15-11+. The number of unbranched alkanes of at least 4 members (excludes halogenated alkanes) is 2. The zero-order valence-corrected chi connectivity index (χ0v) is 10.9. The topological polar surface area (TPSA) is 61.7 Å². The minimum absolute atomic E-state index is 0.0541.